The molecule has 0 aliphatic carbocycles. The number of halogens is 1. The average molecular weight is 599 g/mol. The van der Waals surface area contributed by atoms with E-state index in [9.17, 15) is 23.9 Å². The van der Waals surface area contributed by atoms with Crippen molar-refractivity contribution >= 4 is 35.1 Å². The number of esters is 1. The van der Waals surface area contributed by atoms with Crippen molar-refractivity contribution in [2.75, 3.05) is 45.9 Å². The summed E-state index contributed by atoms with van der Waals surface area (Å²) >= 11 is 1.40. The zero-order valence-electron chi connectivity index (χ0n) is 24.1. The molecule has 3 aliphatic heterocycles. The maximum atomic E-state index is 14.7. The lowest BCUT2D eigenvalue weighted by atomic mass is 9.91. The maximum absolute atomic E-state index is 14.7. The number of hydrogen-bond donors (Lipinski definition) is 2. The molecule has 5 rings (SSSR count). The Morgan fingerprint density at radius 3 is 2.79 bits per heavy atom. The fraction of sp³-hybridized carbons (Fsp3) is 0.483. The summed E-state index contributed by atoms with van der Waals surface area (Å²) in [4.78, 5) is 52.9. The van der Waals surface area contributed by atoms with Crippen molar-refractivity contribution < 1.29 is 28.6 Å². The van der Waals surface area contributed by atoms with Gasteiger partial charge in [-0.1, -0.05) is 19.1 Å². The van der Waals surface area contributed by atoms with Crippen LogP contribution in [0.15, 0.2) is 46.0 Å². The second-order valence-electron chi connectivity index (χ2n) is 11.2. The minimum absolute atomic E-state index is 0.141. The molecule has 2 aromatic rings. The number of amidine groups is 1. The van der Waals surface area contributed by atoms with E-state index in [1.807, 2.05) is 17.2 Å². The first-order valence-corrected chi connectivity index (χ1v) is 14.8. The van der Waals surface area contributed by atoms with Gasteiger partial charge in [-0.05, 0) is 38.0 Å². The number of carbonyl (C=O) groups is 3. The van der Waals surface area contributed by atoms with Gasteiger partial charge in [0.15, 0.2) is 10.8 Å². The highest BCUT2D eigenvalue weighted by molar-refractivity contribution is 7.11. The van der Waals surface area contributed by atoms with Gasteiger partial charge < -0.3 is 25.0 Å². The quantitative estimate of drug-likeness (QED) is 0.422. The van der Waals surface area contributed by atoms with Crippen molar-refractivity contribution in [3.63, 3.8) is 0 Å². The number of aliphatic carboxylic acids is 1. The summed E-state index contributed by atoms with van der Waals surface area (Å²) in [6.45, 7) is 9.52. The number of urea groups is 1. The summed E-state index contributed by atoms with van der Waals surface area (Å²) in [6.07, 6.45) is 1.67. The third-order valence-corrected chi connectivity index (χ3v) is 8.83. The number of fused-ring (bicyclic) bond motifs is 1. The highest BCUT2D eigenvalue weighted by Gasteiger charge is 2.50. The van der Waals surface area contributed by atoms with Crippen molar-refractivity contribution in [2.45, 2.75) is 39.3 Å². The Balaban J connectivity index is 1.48. The van der Waals surface area contributed by atoms with Gasteiger partial charge in [0.05, 0.1) is 23.6 Å². The Labute approximate surface area is 247 Å². The Morgan fingerprint density at radius 1 is 1.31 bits per heavy atom. The van der Waals surface area contributed by atoms with Gasteiger partial charge in [0.1, 0.15) is 11.9 Å². The molecule has 4 heterocycles. The number of aliphatic imine (C=N–C) groups is 1. The van der Waals surface area contributed by atoms with E-state index < -0.39 is 35.3 Å². The van der Waals surface area contributed by atoms with E-state index in [4.69, 9.17) is 9.73 Å². The van der Waals surface area contributed by atoms with Crippen molar-refractivity contribution in [3.8, 4) is 0 Å². The van der Waals surface area contributed by atoms with E-state index in [1.165, 1.54) is 17.4 Å². The molecule has 0 spiro atoms. The van der Waals surface area contributed by atoms with E-state index in [-0.39, 0.29) is 19.2 Å². The number of hydrogen-bond acceptors (Lipinski definition) is 9. The molecule has 11 nitrogen and oxygen atoms in total. The number of amides is 2. The summed E-state index contributed by atoms with van der Waals surface area (Å²) in [7, 11) is 0. The summed E-state index contributed by atoms with van der Waals surface area (Å²) < 4.78 is 20.2. The SMILES string of the molecule is CCOC(=O)C1=C(CN2CCN3C(=O)N(CC(C)C(=O)O)C[C@]3(C)C2)NC(c2nccs2)=N[C@H]1c1cccc(F)c1C. The lowest BCUT2D eigenvalue weighted by Gasteiger charge is -2.44. The molecule has 3 aliphatic rings. The van der Waals surface area contributed by atoms with Gasteiger partial charge >= 0.3 is 18.0 Å². The number of carboxylic acids is 1. The molecule has 1 aromatic carbocycles. The summed E-state index contributed by atoms with van der Waals surface area (Å²) in [5.74, 6) is -2.06. The fourth-order valence-corrected chi connectivity index (χ4v) is 6.53. The Hall–Kier alpha value is -3.84. The number of ether oxygens (including phenoxy) is 1. The van der Waals surface area contributed by atoms with Gasteiger partial charge in [-0.3, -0.25) is 14.7 Å². The highest BCUT2D eigenvalue weighted by Crippen LogP contribution is 2.36. The number of nitrogens with zero attached hydrogens (tertiary/aromatic N) is 5. The first-order valence-electron chi connectivity index (χ1n) is 13.9. The molecule has 42 heavy (non-hydrogen) atoms. The normalized spacial score (nSPS) is 23.4. The number of carboxylic acid groups (broad SMARTS) is 1. The molecule has 2 saturated heterocycles. The van der Waals surface area contributed by atoms with Crippen LogP contribution < -0.4 is 5.32 Å². The second-order valence-corrected chi connectivity index (χ2v) is 12.1. The minimum Gasteiger partial charge on any atom is -0.481 e. The number of piperazine rings is 1. The van der Waals surface area contributed by atoms with Crippen molar-refractivity contribution in [1.29, 1.82) is 0 Å². The molecular formula is C29H35FN6O5S. The topological polar surface area (TPSA) is 128 Å². The van der Waals surface area contributed by atoms with E-state index >= 15 is 0 Å². The van der Waals surface area contributed by atoms with Crippen LogP contribution in [0.4, 0.5) is 9.18 Å². The van der Waals surface area contributed by atoms with E-state index in [0.717, 1.165) is 0 Å². The first-order chi connectivity index (χ1) is 20.0. The largest absolute Gasteiger partial charge is 0.481 e. The zero-order chi connectivity index (χ0) is 30.2. The van der Waals surface area contributed by atoms with Crippen LogP contribution in [0.2, 0.25) is 0 Å². The predicted octanol–water partition coefficient (Wildman–Crippen LogP) is 3.03. The van der Waals surface area contributed by atoms with Crippen molar-refractivity contribution in [1.82, 2.24) is 25.0 Å². The van der Waals surface area contributed by atoms with Gasteiger partial charge in [-0.15, -0.1) is 11.3 Å². The third kappa shape index (κ3) is 5.62. The molecule has 3 atom stereocenters. The van der Waals surface area contributed by atoms with Crippen molar-refractivity contribution in [3.05, 3.63) is 63.0 Å². The minimum atomic E-state index is -0.943. The molecule has 2 N–H and O–H groups in total. The summed E-state index contributed by atoms with van der Waals surface area (Å²) in [5, 5.41) is 15.2. The zero-order valence-corrected chi connectivity index (χ0v) is 24.9. The molecule has 2 fully saturated rings. The van der Waals surface area contributed by atoms with Gasteiger partial charge in [-0.25, -0.2) is 19.0 Å². The number of carbonyl (C=O) groups excluding carboxylic acids is 2. The average Bonchev–Trinajstić information content (AvgIpc) is 3.56. The van der Waals surface area contributed by atoms with Crippen LogP contribution in [-0.2, 0) is 14.3 Å². The number of aromatic nitrogens is 1. The molecule has 0 bridgehead atoms. The smallest absolute Gasteiger partial charge is 0.338 e. The van der Waals surface area contributed by atoms with E-state index in [2.05, 4.69) is 15.2 Å². The van der Waals surface area contributed by atoms with Crippen LogP contribution in [0.5, 0.6) is 0 Å². The van der Waals surface area contributed by atoms with Gasteiger partial charge in [-0.2, -0.15) is 0 Å². The number of rotatable bonds is 9. The standard InChI is InChI=1S/C29H35FN6O5S/c1-5-41-27(39)22-21(14-34-10-11-36-28(40)35(13-17(2)26(37)38)16-29(36,4)15-34)32-24(25-31-9-12-42-25)33-23(22)19-7-6-8-20(30)18(19)3/h6-9,12,17,23H,5,10-11,13-16H2,1-4H3,(H,32,33)(H,37,38)/t17?,23-,29-/m0/s1. The molecule has 0 saturated carbocycles. The highest BCUT2D eigenvalue weighted by atomic mass is 32.1. The molecule has 224 valence electrons. The molecule has 1 aromatic heterocycles. The number of thiazole rings is 1. The van der Waals surface area contributed by atoms with Crippen LogP contribution in [0, 0.1) is 18.7 Å². The molecule has 0 radical (unpaired) electrons. The fourth-order valence-electron chi connectivity index (χ4n) is 5.94. The number of nitrogens with one attached hydrogen (secondary N) is 1. The monoisotopic (exact) mass is 598 g/mol. The maximum Gasteiger partial charge on any atom is 0.338 e. The van der Waals surface area contributed by atoms with E-state index in [1.54, 1.807) is 44.0 Å². The Kier molecular flexibility index (Phi) is 8.33. The van der Waals surface area contributed by atoms with Crippen LogP contribution in [0.1, 0.15) is 42.9 Å². The van der Waals surface area contributed by atoms with Crippen molar-refractivity contribution in [2.24, 2.45) is 10.9 Å². The lowest BCUT2D eigenvalue weighted by molar-refractivity contribution is -0.141. The van der Waals surface area contributed by atoms with Crippen LogP contribution >= 0.6 is 11.3 Å². The summed E-state index contributed by atoms with van der Waals surface area (Å²) in [5.41, 5.74) is 1.30. The van der Waals surface area contributed by atoms with Crippen LogP contribution in [0.3, 0.4) is 0 Å². The van der Waals surface area contributed by atoms with Gasteiger partial charge in [0.25, 0.3) is 0 Å². The summed E-state index contributed by atoms with van der Waals surface area (Å²) in [6, 6.07) is 3.78. The second kappa shape index (κ2) is 11.8. The lowest BCUT2D eigenvalue weighted by Crippen LogP contribution is -2.60. The Bertz CT molecular complexity index is 1450. The van der Waals surface area contributed by atoms with Gasteiger partial charge in [0, 0.05) is 56.5 Å². The third-order valence-electron chi connectivity index (χ3n) is 8.05. The molecule has 13 heteroatoms. The predicted molar refractivity (Wildman–Crippen MR) is 155 cm³/mol. The molecular weight excluding hydrogens is 563 g/mol. The molecule has 1 unspecified atom stereocenters. The molecule has 2 amide bonds. The first kappa shape index (κ1) is 29.6. The van der Waals surface area contributed by atoms with Crippen LogP contribution in [0.25, 0.3) is 0 Å². The number of benzene rings is 1. The van der Waals surface area contributed by atoms with Gasteiger partial charge in [0.2, 0.25) is 0 Å². The Morgan fingerprint density at radius 2 is 2.10 bits per heavy atom. The van der Waals surface area contributed by atoms with E-state index in [0.29, 0.717) is 66.0 Å². The van der Waals surface area contributed by atoms with Crippen LogP contribution in [-0.4, -0.2) is 100 Å².